The number of nitrogens with zero attached hydrogens (tertiary/aromatic N) is 7. The Hall–Kier alpha value is -1.55. The van der Waals surface area contributed by atoms with Gasteiger partial charge in [0.1, 0.15) is 24.7 Å². The Morgan fingerprint density at radius 1 is 1.14 bits per heavy atom. The van der Waals surface area contributed by atoms with E-state index in [0.717, 1.165) is 0 Å². The number of azide groups is 1. The number of ether oxygens (including phenoxy) is 1. The van der Waals surface area contributed by atoms with E-state index in [-0.39, 0.29) is 15.9 Å². The molecule has 11 nitrogen and oxygen atoms in total. The highest BCUT2D eigenvalue weighted by molar-refractivity contribution is 9.10. The summed E-state index contributed by atoms with van der Waals surface area (Å²) in [5, 5.41) is 4.16. The number of rotatable bonds is 7. The van der Waals surface area contributed by atoms with Crippen molar-refractivity contribution in [3.8, 4) is 0 Å². The van der Waals surface area contributed by atoms with Crippen LogP contribution >= 0.6 is 15.9 Å². The average Bonchev–Trinajstić information content (AvgIpc) is 3.23. The lowest BCUT2D eigenvalue weighted by Gasteiger charge is -2.41. The van der Waals surface area contributed by atoms with Gasteiger partial charge in [0.05, 0.1) is 12.7 Å². The van der Waals surface area contributed by atoms with Gasteiger partial charge in [0.15, 0.2) is 38.4 Å². The number of hydrogen-bond acceptors (Lipinski definition) is 8. The van der Waals surface area contributed by atoms with Crippen molar-refractivity contribution in [1.29, 1.82) is 0 Å². The molecule has 3 rings (SSSR count). The first-order valence-electron chi connectivity index (χ1n) is 12.1. The molecule has 0 bridgehead atoms. The molecule has 0 spiro atoms. The van der Waals surface area contributed by atoms with Gasteiger partial charge < -0.3 is 19.3 Å². The van der Waals surface area contributed by atoms with Crippen LogP contribution in [0.4, 0.5) is 5.82 Å². The van der Waals surface area contributed by atoms with Gasteiger partial charge >= 0.3 is 0 Å². The molecular weight excluding hydrogens is 560 g/mol. The highest BCUT2D eigenvalue weighted by atomic mass is 79.9. The smallest absolute Gasteiger partial charge is 0.192 e. The molecule has 0 aliphatic carbocycles. The molecular formula is C22H39BrN8O3Si2. The molecule has 1 saturated heterocycles. The summed E-state index contributed by atoms with van der Waals surface area (Å²) in [5.74, 6) is 0.254. The Labute approximate surface area is 223 Å². The van der Waals surface area contributed by atoms with Crippen LogP contribution in [0.2, 0.25) is 36.3 Å². The van der Waals surface area contributed by atoms with Crippen molar-refractivity contribution in [3.05, 3.63) is 21.5 Å². The first kappa shape index (κ1) is 29.0. The van der Waals surface area contributed by atoms with E-state index in [1.54, 1.807) is 4.57 Å². The fourth-order valence-corrected chi connectivity index (χ4v) is 6.43. The van der Waals surface area contributed by atoms with Gasteiger partial charge in [-0.25, -0.2) is 15.0 Å². The summed E-state index contributed by atoms with van der Waals surface area (Å²) in [6, 6.07) is -0.679. The molecule has 0 aromatic carbocycles. The predicted octanol–water partition coefficient (Wildman–Crippen LogP) is 6.16. The summed E-state index contributed by atoms with van der Waals surface area (Å²) in [7, 11) is -4.36. The monoisotopic (exact) mass is 598 g/mol. The number of halogens is 1. The van der Waals surface area contributed by atoms with Gasteiger partial charge in [-0.3, -0.25) is 4.57 Å². The van der Waals surface area contributed by atoms with Crippen LogP contribution in [0.15, 0.2) is 16.2 Å². The van der Waals surface area contributed by atoms with Gasteiger partial charge in [-0.15, -0.1) is 0 Å². The van der Waals surface area contributed by atoms with Crippen molar-refractivity contribution in [2.75, 3.05) is 12.3 Å². The lowest BCUT2D eigenvalue weighted by atomic mass is 10.1. The van der Waals surface area contributed by atoms with Crippen molar-refractivity contribution < 1.29 is 13.6 Å². The minimum Gasteiger partial charge on any atom is -0.414 e. The zero-order valence-corrected chi connectivity index (χ0v) is 26.5. The molecule has 0 radical (unpaired) electrons. The maximum atomic E-state index is 9.55. The summed E-state index contributed by atoms with van der Waals surface area (Å²) in [6.07, 6.45) is -0.323. The lowest BCUT2D eigenvalue weighted by molar-refractivity contribution is -0.0397. The molecule has 2 N–H and O–H groups in total. The molecule has 14 heteroatoms. The van der Waals surface area contributed by atoms with Gasteiger partial charge in [-0.05, 0) is 57.7 Å². The van der Waals surface area contributed by atoms with E-state index in [0.29, 0.717) is 22.5 Å². The molecule has 200 valence electrons. The second-order valence-electron chi connectivity index (χ2n) is 12.4. The molecule has 3 heterocycles. The molecule has 2 aromatic rings. The van der Waals surface area contributed by atoms with Crippen molar-refractivity contribution >= 4 is 49.5 Å². The number of fused-ring (bicyclic) bond motifs is 1. The third-order valence-electron chi connectivity index (χ3n) is 7.86. The Morgan fingerprint density at radius 2 is 1.75 bits per heavy atom. The van der Waals surface area contributed by atoms with E-state index >= 15 is 0 Å². The predicted molar refractivity (Wildman–Crippen MR) is 149 cm³/mol. The van der Waals surface area contributed by atoms with Crippen LogP contribution in [-0.4, -0.2) is 61.0 Å². The third-order valence-corrected chi connectivity index (χ3v) is 17.4. The minimum atomic E-state index is -2.27. The van der Waals surface area contributed by atoms with E-state index in [1.807, 2.05) is 0 Å². The molecule has 36 heavy (non-hydrogen) atoms. The van der Waals surface area contributed by atoms with Crippen molar-refractivity contribution in [1.82, 2.24) is 19.5 Å². The highest BCUT2D eigenvalue weighted by Crippen LogP contribution is 2.44. The zero-order chi connectivity index (χ0) is 27.3. The van der Waals surface area contributed by atoms with E-state index < -0.39 is 41.1 Å². The maximum absolute atomic E-state index is 9.55. The molecule has 1 fully saturated rings. The van der Waals surface area contributed by atoms with Crippen LogP contribution in [0.5, 0.6) is 0 Å². The maximum Gasteiger partial charge on any atom is 0.192 e. The molecule has 0 unspecified atom stereocenters. The summed E-state index contributed by atoms with van der Waals surface area (Å²) in [5.41, 5.74) is 16.5. The summed E-state index contributed by atoms with van der Waals surface area (Å²) in [6.45, 7) is 22.2. The first-order valence-corrected chi connectivity index (χ1v) is 18.7. The SMILES string of the molecule is CC(C)(C)[Si](C)(C)OC[C@H]1O[C@@H](n2c(Br)nc3c(N)ncnc32)[C@H](N=[N+]=[N-])[C@@H]1O[Si](C)(C)C(C)(C)C. The Balaban J connectivity index is 2.09. The number of hydrogen-bond donors (Lipinski definition) is 1. The Morgan fingerprint density at radius 3 is 2.31 bits per heavy atom. The van der Waals surface area contributed by atoms with Gasteiger partial charge in [0.25, 0.3) is 0 Å². The second kappa shape index (κ2) is 9.97. The molecule has 1 aliphatic rings. The summed E-state index contributed by atoms with van der Waals surface area (Å²) in [4.78, 5) is 16.1. The Bertz CT molecular complexity index is 1150. The van der Waals surface area contributed by atoms with Gasteiger partial charge in [-0.2, -0.15) is 0 Å². The topological polar surface area (TPSA) is 146 Å². The number of nitrogens with two attached hydrogens (primary N) is 1. The fraction of sp³-hybridized carbons (Fsp3) is 0.773. The van der Waals surface area contributed by atoms with Crippen LogP contribution in [0.1, 0.15) is 47.8 Å². The van der Waals surface area contributed by atoms with Crippen LogP contribution in [-0.2, 0) is 13.6 Å². The number of anilines is 1. The molecule has 1 aliphatic heterocycles. The lowest BCUT2D eigenvalue weighted by Crippen LogP contribution is -2.50. The van der Waals surface area contributed by atoms with E-state index in [9.17, 15) is 5.53 Å². The standard InChI is InChI=1S/C22H39BrN8O3Si2/c1-21(2,3)35(7,8)32-11-13-16(34-36(9,10)22(4,5)6)14(29-30-25)19(33-13)31-18-15(28-20(31)23)17(24)26-12-27-18/h12-14,16,19H,11H2,1-10H3,(H2,24,26,27)/t13-,14-,16-,19-/m1/s1. The fourth-order valence-electron chi connectivity index (χ4n) is 3.54. The largest absolute Gasteiger partial charge is 0.414 e. The Kier molecular flexibility index (Phi) is 8.03. The van der Waals surface area contributed by atoms with E-state index in [2.05, 4.69) is 109 Å². The normalized spacial score (nSPS) is 23.8. The van der Waals surface area contributed by atoms with E-state index in [1.165, 1.54) is 6.33 Å². The number of imidazole rings is 1. The van der Waals surface area contributed by atoms with Crippen LogP contribution < -0.4 is 5.73 Å². The van der Waals surface area contributed by atoms with Crippen LogP contribution in [0.25, 0.3) is 21.6 Å². The van der Waals surface area contributed by atoms with Crippen molar-refractivity contribution in [3.63, 3.8) is 0 Å². The number of aromatic nitrogens is 4. The minimum absolute atomic E-state index is 0.0308. The summed E-state index contributed by atoms with van der Waals surface area (Å²) < 4.78 is 22.2. The second-order valence-corrected chi connectivity index (χ2v) is 22.6. The van der Waals surface area contributed by atoms with Crippen LogP contribution in [0, 0.1) is 0 Å². The molecule has 2 aromatic heterocycles. The van der Waals surface area contributed by atoms with Crippen molar-refractivity contribution in [2.24, 2.45) is 5.11 Å². The highest BCUT2D eigenvalue weighted by Gasteiger charge is 2.52. The molecule has 0 amide bonds. The third kappa shape index (κ3) is 5.49. The average molecular weight is 600 g/mol. The van der Waals surface area contributed by atoms with Crippen LogP contribution in [0.3, 0.4) is 0 Å². The van der Waals surface area contributed by atoms with Gasteiger partial charge in [0.2, 0.25) is 0 Å². The molecule has 0 saturated carbocycles. The summed E-state index contributed by atoms with van der Waals surface area (Å²) >= 11 is 3.52. The molecule has 4 atom stereocenters. The van der Waals surface area contributed by atoms with Gasteiger partial charge in [0, 0.05) is 4.91 Å². The van der Waals surface area contributed by atoms with E-state index in [4.69, 9.17) is 19.3 Å². The van der Waals surface area contributed by atoms with Gasteiger partial charge in [-0.1, -0.05) is 46.7 Å². The number of nitrogen functional groups attached to an aromatic ring is 1. The first-order chi connectivity index (χ1) is 16.4. The quantitative estimate of drug-likeness (QED) is 0.132. The van der Waals surface area contributed by atoms with Crippen molar-refractivity contribution in [2.45, 2.75) is 102 Å². The zero-order valence-electron chi connectivity index (χ0n) is 22.9.